The Labute approximate surface area is 105 Å². The molecular formula is C15H14FNO. The Hall–Kier alpha value is -2.16. The maximum absolute atomic E-state index is 13.0. The van der Waals surface area contributed by atoms with Gasteiger partial charge in [0.05, 0.1) is 0 Å². The monoisotopic (exact) mass is 243 g/mol. The van der Waals surface area contributed by atoms with Crippen molar-refractivity contribution in [2.24, 2.45) is 0 Å². The zero-order valence-electron chi connectivity index (χ0n) is 10.3. The molecule has 0 aliphatic rings. The summed E-state index contributed by atoms with van der Waals surface area (Å²) in [7, 11) is 0. The molecule has 2 rings (SSSR count). The van der Waals surface area contributed by atoms with Gasteiger partial charge in [0.15, 0.2) is 0 Å². The average molecular weight is 243 g/mol. The van der Waals surface area contributed by atoms with Crippen LogP contribution in [0.5, 0.6) is 0 Å². The molecule has 0 aromatic heterocycles. The van der Waals surface area contributed by atoms with Crippen molar-refractivity contribution < 1.29 is 9.18 Å². The molecule has 3 heteroatoms. The van der Waals surface area contributed by atoms with Gasteiger partial charge in [0, 0.05) is 11.3 Å². The number of hydrogen-bond donors (Lipinski definition) is 1. The Balaban J connectivity index is 2.24. The third-order valence-electron chi connectivity index (χ3n) is 2.73. The van der Waals surface area contributed by atoms with Gasteiger partial charge in [-0.25, -0.2) is 4.39 Å². The number of aryl methyl sites for hydroxylation is 2. The third-order valence-corrected chi connectivity index (χ3v) is 2.73. The molecule has 92 valence electrons. The lowest BCUT2D eigenvalue weighted by Gasteiger charge is -2.09. The molecule has 0 heterocycles. The van der Waals surface area contributed by atoms with E-state index in [4.69, 9.17) is 0 Å². The zero-order chi connectivity index (χ0) is 13.1. The van der Waals surface area contributed by atoms with Gasteiger partial charge in [0.1, 0.15) is 5.82 Å². The van der Waals surface area contributed by atoms with Crippen molar-refractivity contribution in [2.75, 3.05) is 5.32 Å². The van der Waals surface area contributed by atoms with Gasteiger partial charge in [-0.1, -0.05) is 18.2 Å². The number of benzene rings is 2. The van der Waals surface area contributed by atoms with E-state index in [9.17, 15) is 9.18 Å². The Morgan fingerprint density at radius 3 is 2.61 bits per heavy atom. The molecule has 2 aromatic rings. The predicted octanol–water partition coefficient (Wildman–Crippen LogP) is 3.69. The summed E-state index contributed by atoms with van der Waals surface area (Å²) >= 11 is 0. The summed E-state index contributed by atoms with van der Waals surface area (Å²) in [5.41, 5.74) is 3.11. The number of anilines is 1. The van der Waals surface area contributed by atoms with Crippen molar-refractivity contribution in [1.29, 1.82) is 0 Å². The second-order valence-corrected chi connectivity index (χ2v) is 4.28. The number of nitrogens with one attached hydrogen (secondary N) is 1. The number of rotatable bonds is 2. The first-order chi connectivity index (χ1) is 8.56. The van der Waals surface area contributed by atoms with Crippen molar-refractivity contribution in [1.82, 2.24) is 0 Å². The second-order valence-electron chi connectivity index (χ2n) is 4.28. The number of halogens is 1. The van der Waals surface area contributed by atoms with Crippen LogP contribution in [0, 0.1) is 19.7 Å². The lowest BCUT2D eigenvalue weighted by Crippen LogP contribution is -2.13. The second kappa shape index (κ2) is 5.00. The smallest absolute Gasteiger partial charge is 0.255 e. The summed E-state index contributed by atoms with van der Waals surface area (Å²) < 4.78 is 13.0. The molecule has 0 aliphatic carbocycles. The molecule has 0 spiro atoms. The molecular weight excluding hydrogens is 229 g/mol. The van der Waals surface area contributed by atoms with Gasteiger partial charge in [0.25, 0.3) is 5.91 Å². The molecule has 1 N–H and O–H groups in total. The number of carbonyl (C=O) groups excluding carboxylic acids is 1. The molecule has 0 bridgehead atoms. The molecule has 0 saturated carbocycles. The minimum Gasteiger partial charge on any atom is -0.322 e. The number of carbonyl (C=O) groups is 1. The SMILES string of the molecule is Cc1ccc(C)c(NC(=O)c2cccc(F)c2)c1. The minimum atomic E-state index is -0.413. The highest BCUT2D eigenvalue weighted by Gasteiger charge is 2.08. The van der Waals surface area contributed by atoms with Crippen molar-refractivity contribution in [3.8, 4) is 0 Å². The summed E-state index contributed by atoms with van der Waals surface area (Å²) in [5.74, 6) is -0.716. The first kappa shape index (κ1) is 12.3. The van der Waals surface area contributed by atoms with Crippen LogP contribution in [0.15, 0.2) is 42.5 Å². The van der Waals surface area contributed by atoms with Crippen LogP contribution in [-0.4, -0.2) is 5.91 Å². The average Bonchev–Trinajstić information content (AvgIpc) is 2.34. The van der Waals surface area contributed by atoms with E-state index in [-0.39, 0.29) is 5.91 Å². The van der Waals surface area contributed by atoms with E-state index in [2.05, 4.69) is 5.32 Å². The molecule has 0 unspecified atom stereocenters. The fourth-order valence-corrected chi connectivity index (χ4v) is 1.69. The largest absolute Gasteiger partial charge is 0.322 e. The van der Waals surface area contributed by atoms with Gasteiger partial charge < -0.3 is 5.32 Å². The van der Waals surface area contributed by atoms with Gasteiger partial charge in [-0.3, -0.25) is 4.79 Å². The summed E-state index contributed by atoms with van der Waals surface area (Å²) in [4.78, 5) is 12.0. The lowest BCUT2D eigenvalue weighted by molar-refractivity contribution is 0.102. The van der Waals surface area contributed by atoms with E-state index in [1.807, 2.05) is 32.0 Å². The van der Waals surface area contributed by atoms with Crippen LogP contribution in [0.1, 0.15) is 21.5 Å². The first-order valence-corrected chi connectivity index (χ1v) is 5.70. The van der Waals surface area contributed by atoms with Crippen LogP contribution < -0.4 is 5.32 Å². The maximum atomic E-state index is 13.0. The van der Waals surface area contributed by atoms with Gasteiger partial charge in [-0.2, -0.15) is 0 Å². The molecule has 2 aromatic carbocycles. The van der Waals surface area contributed by atoms with Crippen LogP contribution in [0.2, 0.25) is 0 Å². The highest BCUT2D eigenvalue weighted by molar-refractivity contribution is 6.04. The molecule has 0 saturated heterocycles. The van der Waals surface area contributed by atoms with Crippen molar-refractivity contribution in [3.63, 3.8) is 0 Å². The van der Waals surface area contributed by atoms with Crippen LogP contribution in [0.25, 0.3) is 0 Å². The summed E-state index contributed by atoms with van der Waals surface area (Å²) in [5, 5.41) is 2.79. The van der Waals surface area contributed by atoms with Gasteiger partial charge in [-0.05, 0) is 49.2 Å². The summed E-state index contributed by atoms with van der Waals surface area (Å²) in [6.45, 7) is 3.87. The normalized spacial score (nSPS) is 10.2. The Kier molecular flexibility index (Phi) is 3.42. The van der Waals surface area contributed by atoms with Gasteiger partial charge in [0.2, 0.25) is 0 Å². The molecule has 18 heavy (non-hydrogen) atoms. The minimum absolute atomic E-state index is 0.303. The fourth-order valence-electron chi connectivity index (χ4n) is 1.69. The topological polar surface area (TPSA) is 29.1 Å². The Morgan fingerprint density at radius 2 is 1.89 bits per heavy atom. The number of hydrogen-bond acceptors (Lipinski definition) is 1. The summed E-state index contributed by atoms with van der Waals surface area (Å²) in [6.07, 6.45) is 0. The van der Waals surface area contributed by atoms with E-state index < -0.39 is 5.82 Å². The molecule has 1 amide bonds. The van der Waals surface area contributed by atoms with Gasteiger partial charge >= 0.3 is 0 Å². The van der Waals surface area contributed by atoms with Crippen molar-refractivity contribution in [3.05, 3.63) is 65.0 Å². The molecule has 0 radical (unpaired) electrons. The highest BCUT2D eigenvalue weighted by atomic mass is 19.1. The van der Waals surface area contributed by atoms with Crippen molar-refractivity contribution >= 4 is 11.6 Å². The highest BCUT2D eigenvalue weighted by Crippen LogP contribution is 2.17. The maximum Gasteiger partial charge on any atom is 0.255 e. The van der Waals surface area contributed by atoms with Crippen LogP contribution in [0.3, 0.4) is 0 Å². The van der Waals surface area contributed by atoms with Gasteiger partial charge in [-0.15, -0.1) is 0 Å². The zero-order valence-corrected chi connectivity index (χ0v) is 10.3. The predicted molar refractivity (Wildman–Crippen MR) is 70.3 cm³/mol. The summed E-state index contributed by atoms with van der Waals surface area (Å²) in [6, 6.07) is 11.5. The molecule has 0 aliphatic heterocycles. The van der Waals surface area contributed by atoms with E-state index in [0.29, 0.717) is 5.56 Å². The first-order valence-electron chi connectivity index (χ1n) is 5.70. The molecule has 0 fully saturated rings. The molecule has 2 nitrogen and oxygen atoms in total. The number of amides is 1. The standard InChI is InChI=1S/C15H14FNO/c1-10-6-7-11(2)14(8-10)17-15(18)12-4-3-5-13(16)9-12/h3-9H,1-2H3,(H,17,18). The van der Waals surface area contributed by atoms with E-state index >= 15 is 0 Å². The van der Waals surface area contributed by atoms with E-state index in [0.717, 1.165) is 16.8 Å². The molecule has 0 atom stereocenters. The quantitative estimate of drug-likeness (QED) is 0.856. The Bertz CT molecular complexity index is 593. The fraction of sp³-hybridized carbons (Fsp3) is 0.133. The Morgan fingerprint density at radius 1 is 1.11 bits per heavy atom. The van der Waals surface area contributed by atoms with Crippen molar-refractivity contribution in [2.45, 2.75) is 13.8 Å². The van der Waals surface area contributed by atoms with E-state index in [1.165, 1.54) is 18.2 Å². The van der Waals surface area contributed by atoms with Crippen LogP contribution in [0.4, 0.5) is 10.1 Å². The lowest BCUT2D eigenvalue weighted by atomic mass is 10.1. The van der Waals surface area contributed by atoms with Crippen LogP contribution in [-0.2, 0) is 0 Å². The van der Waals surface area contributed by atoms with Crippen LogP contribution >= 0.6 is 0 Å². The third kappa shape index (κ3) is 2.74. The van der Waals surface area contributed by atoms with E-state index in [1.54, 1.807) is 6.07 Å².